The molecular weight excluding hydrogens is 364 g/mol. The zero-order valence-corrected chi connectivity index (χ0v) is 19.4. The van der Waals surface area contributed by atoms with Gasteiger partial charge in [0.25, 0.3) is 0 Å². The third kappa shape index (κ3) is 10.6. The molecule has 1 unspecified atom stereocenters. The molecule has 0 saturated carbocycles. The number of hydrogen-bond donors (Lipinski definition) is 3. The number of guanidine groups is 1. The summed E-state index contributed by atoms with van der Waals surface area (Å²) in [7, 11) is 0.775. The van der Waals surface area contributed by atoms with Gasteiger partial charge >= 0.3 is 6.09 Å². The third-order valence-electron chi connectivity index (χ3n) is 4.20. The minimum atomic E-state index is -0.916. The summed E-state index contributed by atoms with van der Waals surface area (Å²) in [6.07, 6.45) is 1.08. The Bertz CT molecular complexity index is 518. The second-order valence-corrected chi connectivity index (χ2v) is 11.0. The summed E-state index contributed by atoms with van der Waals surface area (Å²) in [6, 6.07) is 0. The molecule has 3 N–H and O–H groups in total. The van der Waals surface area contributed by atoms with Crippen LogP contribution in [0.2, 0.25) is 0 Å². The van der Waals surface area contributed by atoms with E-state index in [1.807, 2.05) is 55.4 Å². The first-order valence-electron chi connectivity index (χ1n) is 9.62. The van der Waals surface area contributed by atoms with Crippen LogP contribution in [0.1, 0.15) is 68.2 Å². The van der Waals surface area contributed by atoms with Crippen LogP contribution in [-0.4, -0.2) is 58.0 Å². The minimum Gasteiger partial charge on any atom is -0.444 e. The van der Waals surface area contributed by atoms with E-state index < -0.39 is 28.0 Å². The van der Waals surface area contributed by atoms with Crippen LogP contribution in [0.15, 0.2) is 4.99 Å². The molecule has 0 fully saturated rings. The van der Waals surface area contributed by atoms with Crippen molar-refractivity contribution in [3.63, 3.8) is 0 Å². The molecule has 8 heteroatoms. The average Bonchev–Trinajstić information content (AvgIpc) is 2.53. The van der Waals surface area contributed by atoms with Gasteiger partial charge in [0.05, 0.1) is 5.54 Å². The number of nitrogens with zero attached hydrogens (tertiary/aromatic N) is 1. The fourth-order valence-electron chi connectivity index (χ4n) is 2.28. The van der Waals surface area contributed by atoms with E-state index in [9.17, 15) is 9.00 Å². The normalized spacial score (nSPS) is 14.5. The van der Waals surface area contributed by atoms with Gasteiger partial charge in [-0.15, -0.1) is 0 Å². The van der Waals surface area contributed by atoms with Gasteiger partial charge in [-0.1, -0.05) is 13.8 Å². The summed E-state index contributed by atoms with van der Waals surface area (Å²) in [4.78, 5) is 16.4. The zero-order chi connectivity index (χ0) is 21.3. The van der Waals surface area contributed by atoms with Gasteiger partial charge < -0.3 is 20.7 Å². The van der Waals surface area contributed by atoms with Crippen molar-refractivity contribution < 1.29 is 13.7 Å². The van der Waals surface area contributed by atoms with Crippen molar-refractivity contribution in [2.45, 2.75) is 84.1 Å². The van der Waals surface area contributed by atoms with Gasteiger partial charge in [-0.05, 0) is 54.4 Å². The highest BCUT2D eigenvalue weighted by Crippen LogP contribution is 2.16. The summed E-state index contributed by atoms with van der Waals surface area (Å²) in [5, 5.41) is 9.45. The van der Waals surface area contributed by atoms with Gasteiger partial charge in [0, 0.05) is 41.4 Å². The number of carbonyl (C=O) groups is 1. The Hall–Kier alpha value is -1.31. The maximum absolute atomic E-state index is 12.2. The molecule has 0 aliphatic carbocycles. The third-order valence-corrected chi connectivity index (χ3v) is 6.14. The van der Waals surface area contributed by atoms with Crippen LogP contribution >= 0.6 is 0 Å². The fourth-order valence-corrected chi connectivity index (χ4v) is 3.18. The van der Waals surface area contributed by atoms with Gasteiger partial charge in [0.1, 0.15) is 5.60 Å². The number of hydrogen-bond acceptors (Lipinski definition) is 4. The monoisotopic (exact) mass is 404 g/mol. The highest BCUT2D eigenvalue weighted by molar-refractivity contribution is 7.86. The molecule has 0 heterocycles. The molecule has 7 nitrogen and oxygen atoms in total. The van der Waals surface area contributed by atoms with Crippen LogP contribution in [-0.2, 0) is 15.5 Å². The quantitative estimate of drug-likeness (QED) is 0.427. The van der Waals surface area contributed by atoms with E-state index >= 15 is 0 Å². The number of alkyl carbamates (subject to hydrolysis) is 1. The molecule has 0 aromatic rings. The first kappa shape index (κ1) is 25.7. The molecule has 0 spiro atoms. The molecule has 0 rings (SSSR count). The molecule has 160 valence electrons. The van der Waals surface area contributed by atoms with Crippen LogP contribution < -0.4 is 16.0 Å². The molecule has 0 aliphatic rings. The Morgan fingerprint density at radius 1 is 1.04 bits per heavy atom. The van der Waals surface area contributed by atoms with Crippen molar-refractivity contribution in [3.05, 3.63) is 0 Å². The highest BCUT2D eigenvalue weighted by atomic mass is 32.2. The maximum atomic E-state index is 12.2. The van der Waals surface area contributed by atoms with Gasteiger partial charge in [-0.3, -0.25) is 9.20 Å². The molecule has 0 aromatic heterocycles. The molecular formula is C19H40N4O3S. The van der Waals surface area contributed by atoms with Crippen molar-refractivity contribution in [1.82, 2.24) is 16.0 Å². The maximum Gasteiger partial charge on any atom is 0.408 e. The fraction of sp³-hybridized carbons (Fsp3) is 0.895. The van der Waals surface area contributed by atoms with Gasteiger partial charge in [-0.2, -0.15) is 0 Å². The predicted molar refractivity (Wildman–Crippen MR) is 115 cm³/mol. The summed E-state index contributed by atoms with van der Waals surface area (Å²) in [5.41, 5.74) is -0.973. The topological polar surface area (TPSA) is 91.8 Å². The molecule has 1 amide bonds. The zero-order valence-electron chi connectivity index (χ0n) is 18.6. The van der Waals surface area contributed by atoms with Gasteiger partial charge in [0.2, 0.25) is 0 Å². The number of carbonyl (C=O) groups excluding carboxylic acids is 1. The molecule has 0 saturated heterocycles. The Morgan fingerprint density at radius 2 is 1.59 bits per heavy atom. The summed E-state index contributed by atoms with van der Waals surface area (Å²) < 4.78 is 17.3. The Morgan fingerprint density at radius 3 is 2.00 bits per heavy atom. The minimum absolute atomic E-state index is 0.227. The van der Waals surface area contributed by atoms with E-state index in [1.165, 1.54) is 0 Å². The van der Waals surface area contributed by atoms with E-state index in [0.717, 1.165) is 12.8 Å². The second-order valence-electron chi connectivity index (χ2n) is 8.63. The smallest absolute Gasteiger partial charge is 0.408 e. The first-order valence-corrected chi connectivity index (χ1v) is 10.9. The van der Waals surface area contributed by atoms with Crippen molar-refractivity contribution in [1.29, 1.82) is 0 Å². The highest BCUT2D eigenvalue weighted by Gasteiger charge is 2.30. The van der Waals surface area contributed by atoms with Gasteiger partial charge in [0.15, 0.2) is 5.96 Å². The van der Waals surface area contributed by atoms with Crippen LogP contribution in [0.4, 0.5) is 4.79 Å². The van der Waals surface area contributed by atoms with Crippen molar-refractivity contribution in [2.24, 2.45) is 4.99 Å². The molecule has 0 radical (unpaired) electrons. The Labute approximate surface area is 168 Å². The van der Waals surface area contributed by atoms with Crippen LogP contribution in [0, 0.1) is 0 Å². The van der Waals surface area contributed by atoms with Crippen molar-refractivity contribution in [3.8, 4) is 0 Å². The van der Waals surface area contributed by atoms with Crippen LogP contribution in [0.25, 0.3) is 0 Å². The lowest BCUT2D eigenvalue weighted by Crippen LogP contribution is -2.57. The van der Waals surface area contributed by atoms with E-state index in [0.29, 0.717) is 24.8 Å². The molecule has 1 atom stereocenters. The van der Waals surface area contributed by atoms with E-state index in [2.05, 4.69) is 20.9 Å². The van der Waals surface area contributed by atoms with Crippen LogP contribution in [0.5, 0.6) is 0 Å². The average molecular weight is 405 g/mol. The number of rotatable bonds is 8. The Kier molecular flexibility index (Phi) is 10.4. The summed E-state index contributed by atoms with van der Waals surface area (Å²) >= 11 is 0. The SMILES string of the molecule is CCC(CC)(CNC(=NC)NCCS(=O)C(C)(C)C)NC(=O)OC(C)(C)C. The molecule has 27 heavy (non-hydrogen) atoms. The van der Waals surface area contributed by atoms with Crippen molar-refractivity contribution >= 4 is 22.9 Å². The van der Waals surface area contributed by atoms with E-state index in [1.54, 1.807) is 7.05 Å². The lowest BCUT2D eigenvalue weighted by atomic mass is 9.93. The summed E-state index contributed by atoms with van der Waals surface area (Å²) in [6.45, 7) is 16.6. The second kappa shape index (κ2) is 10.9. The van der Waals surface area contributed by atoms with E-state index in [-0.39, 0.29) is 4.75 Å². The first-order chi connectivity index (χ1) is 12.3. The standard InChI is InChI=1S/C19H40N4O3S/c1-10-19(11-2,23-16(24)26-17(3,4)5)14-22-15(20-9)21-12-13-27(25)18(6,7)8/h10-14H2,1-9H3,(H,23,24)(H2,20,21,22). The number of aliphatic imine (C=N–C) groups is 1. The predicted octanol–water partition coefficient (Wildman–Crippen LogP) is 2.78. The van der Waals surface area contributed by atoms with Crippen molar-refractivity contribution in [2.75, 3.05) is 25.9 Å². The lowest BCUT2D eigenvalue weighted by molar-refractivity contribution is 0.0448. The Balaban J connectivity index is 4.72. The number of nitrogens with one attached hydrogen (secondary N) is 3. The lowest BCUT2D eigenvalue weighted by Gasteiger charge is -2.34. The number of ether oxygens (including phenoxy) is 1. The van der Waals surface area contributed by atoms with E-state index in [4.69, 9.17) is 4.74 Å². The largest absolute Gasteiger partial charge is 0.444 e. The van der Waals surface area contributed by atoms with Gasteiger partial charge in [-0.25, -0.2) is 4.79 Å². The molecule has 0 bridgehead atoms. The molecule has 0 aliphatic heterocycles. The number of amides is 1. The molecule has 0 aromatic carbocycles. The van der Waals surface area contributed by atoms with Crippen LogP contribution in [0.3, 0.4) is 0 Å². The summed E-state index contributed by atoms with van der Waals surface area (Å²) in [5.74, 6) is 1.17.